The molecule has 0 spiro atoms. The molecule has 0 unspecified atom stereocenters. The average Bonchev–Trinajstić information content (AvgIpc) is 2.97. The van der Waals surface area contributed by atoms with E-state index in [1.807, 2.05) is 43.4 Å². The number of nitriles is 1. The molecular weight excluding hydrogens is 514 g/mol. The highest BCUT2D eigenvalue weighted by molar-refractivity contribution is 5.85. The molecule has 202 valence electrons. The van der Waals surface area contributed by atoms with E-state index in [4.69, 9.17) is 9.47 Å². The zero-order valence-electron chi connectivity index (χ0n) is 22.2. The van der Waals surface area contributed by atoms with Gasteiger partial charge in [0.25, 0.3) is 5.56 Å². The number of hydrogen-bond acceptors (Lipinski definition) is 7. The number of halogens is 1. The Balaban J connectivity index is 0.00000308. The number of aryl methyl sites for hydroxylation is 2. The lowest BCUT2D eigenvalue weighted by atomic mass is 9.69. The number of ether oxygens (including phenoxy) is 2. The first-order chi connectivity index (χ1) is 18.4. The van der Waals surface area contributed by atoms with Gasteiger partial charge >= 0.3 is 0 Å². The van der Waals surface area contributed by atoms with Crippen molar-refractivity contribution in [1.82, 2.24) is 19.9 Å². The zero-order valence-corrected chi connectivity index (χ0v) is 23.0. The predicted octanol–water partition coefficient (Wildman–Crippen LogP) is 4.59. The number of methoxy groups -OCH3 is 1. The highest BCUT2D eigenvalue weighted by Crippen LogP contribution is 2.46. The van der Waals surface area contributed by atoms with E-state index in [-0.39, 0.29) is 29.1 Å². The molecule has 0 radical (unpaired) electrons. The number of benzene rings is 1. The van der Waals surface area contributed by atoms with Crippen LogP contribution in [0.4, 0.5) is 0 Å². The average molecular weight is 546 g/mol. The number of para-hydroxylation sites is 1. The Morgan fingerprint density at radius 3 is 2.69 bits per heavy atom. The van der Waals surface area contributed by atoms with Gasteiger partial charge < -0.3 is 19.4 Å². The van der Waals surface area contributed by atoms with Crippen molar-refractivity contribution in [1.29, 1.82) is 5.26 Å². The molecule has 2 aliphatic heterocycles. The fourth-order valence-electron chi connectivity index (χ4n) is 6.13. The van der Waals surface area contributed by atoms with Crippen molar-refractivity contribution in [3.8, 4) is 11.9 Å². The predicted molar refractivity (Wildman–Crippen MR) is 152 cm³/mol. The van der Waals surface area contributed by atoms with Crippen LogP contribution in [-0.2, 0) is 24.8 Å². The van der Waals surface area contributed by atoms with Gasteiger partial charge in [0.1, 0.15) is 6.07 Å². The standard InChI is InChI=1S/C30H31N5O3.ClH/c1-35-25-6-4-3-5-20(25)15-21(28(35)36)18-33-29-11-13-30(14-12-29,38-19-29)10-9-23-22(16-31)17-32-24-7-8-26(37-2)34-27(23)24;/h3-8,15,17,33H,9-14,18-19H2,1-2H3;1H. The Morgan fingerprint density at radius 2 is 1.97 bits per heavy atom. The van der Waals surface area contributed by atoms with Gasteiger partial charge in [-0.15, -0.1) is 12.4 Å². The molecule has 1 aromatic carbocycles. The molecule has 2 bridgehead atoms. The van der Waals surface area contributed by atoms with E-state index in [9.17, 15) is 10.1 Å². The molecule has 8 nitrogen and oxygen atoms in total. The second-order valence-electron chi connectivity index (χ2n) is 10.7. The van der Waals surface area contributed by atoms with Crippen LogP contribution in [0.1, 0.15) is 48.8 Å². The van der Waals surface area contributed by atoms with Crippen LogP contribution in [-0.4, -0.2) is 39.4 Å². The lowest BCUT2D eigenvalue weighted by molar-refractivity contribution is -0.165. The molecule has 9 heteroatoms. The summed E-state index contributed by atoms with van der Waals surface area (Å²) < 4.78 is 13.6. The molecule has 3 aliphatic rings. The number of fused-ring (bicyclic) bond motifs is 5. The lowest BCUT2D eigenvalue weighted by Gasteiger charge is -2.53. The SMILES string of the molecule is COc1ccc2ncc(C#N)c(CCC34CCC(NCc5cc6ccccc6n(C)c5=O)(CC3)CO4)c2n1.Cl. The Hall–Kier alpha value is -3.51. The summed E-state index contributed by atoms with van der Waals surface area (Å²) in [7, 11) is 3.42. The van der Waals surface area contributed by atoms with Gasteiger partial charge in [-0.3, -0.25) is 9.78 Å². The minimum absolute atomic E-state index is 0. The number of aromatic nitrogens is 3. The molecule has 1 N–H and O–H groups in total. The molecule has 0 amide bonds. The summed E-state index contributed by atoms with van der Waals surface area (Å²) in [5, 5.41) is 14.5. The largest absolute Gasteiger partial charge is 0.481 e. The van der Waals surface area contributed by atoms with Crippen molar-refractivity contribution in [2.24, 2.45) is 7.05 Å². The van der Waals surface area contributed by atoms with Crippen LogP contribution < -0.4 is 15.6 Å². The van der Waals surface area contributed by atoms with Gasteiger partial charge in [-0.1, -0.05) is 18.2 Å². The van der Waals surface area contributed by atoms with Crippen LogP contribution in [0.25, 0.3) is 21.9 Å². The fourth-order valence-corrected chi connectivity index (χ4v) is 6.13. The first-order valence-electron chi connectivity index (χ1n) is 13.1. The van der Waals surface area contributed by atoms with E-state index in [1.165, 1.54) is 0 Å². The Kier molecular flexibility index (Phi) is 7.34. The highest BCUT2D eigenvalue weighted by atomic mass is 35.5. The topological polar surface area (TPSA) is 102 Å². The quantitative estimate of drug-likeness (QED) is 0.362. The summed E-state index contributed by atoms with van der Waals surface area (Å²) in [6.07, 6.45) is 7.02. The molecule has 5 heterocycles. The van der Waals surface area contributed by atoms with E-state index in [1.54, 1.807) is 23.9 Å². The summed E-state index contributed by atoms with van der Waals surface area (Å²) in [5.74, 6) is 0.512. The number of rotatable bonds is 7. The fraction of sp³-hybridized carbons (Fsp3) is 0.400. The van der Waals surface area contributed by atoms with Gasteiger partial charge in [0.05, 0.1) is 41.4 Å². The lowest BCUT2D eigenvalue weighted by Crippen LogP contribution is -2.61. The normalized spacial score (nSPS) is 22.0. The summed E-state index contributed by atoms with van der Waals surface area (Å²) in [6.45, 7) is 1.14. The second-order valence-corrected chi connectivity index (χ2v) is 10.7. The second kappa shape index (κ2) is 10.6. The molecule has 3 aromatic heterocycles. The van der Waals surface area contributed by atoms with Crippen LogP contribution in [0.5, 0.6) is 5.88 Å². The third kappa shape index (κ3) is 4.87. The van der Waals surface area contributed by atoms with Crippen molar-refractivity contribution >= 4 is 34.3 Å². The maximum Gasteiger partial charge on any atom is 0.255 e. The zero-order chi connectivity index (χ0) is 26.3. The van der Waals surface area contributed by atoms with Crippen molar-refractivity contribution < 1.29 is 9.47 Å². The van der Waals surface area contributed by atoms with Crippen molar-refractivity contribution in [2.45, 2.75) is 56.2 Å². The maximum atomic E-state index is 13.0. The molecule has 1 aliphatic carbocycles. The monoisotopic (exact) mass is 545 g/mol. The van der Waals surface area contributed by atoms with Crippen LogP contribution >= 0.6 is 12.4 Å². The summed E-state index contributed by atoms with van der Waals surface area (Å²) in [6, 6.07) is 15.9. The molecule has 4 aromatic rings. The molecular formula is C30H32ClN5O3. The number of nitrogens with zero attached hydrogens (tertiary/aromatic N) is 4. The minimum Gasteiger partial charge on any atom is -0.481 e. The summed E-state index contributed by atoms with van der Waals surface area (Å²) >= 11 is 0. The van der Waals surface area contributed by atoms with Crippen LogP contribution in [0.3, 0.4) is 0 Å². The van der Waals surface area contributed by atoms with Crippen molar-refractivity contribution in [2.75, 3.05) is 13.7 Å². The van der Waals surface area contributed by atoms with E-state index >= 15 is 0 Å². The van der Waals surface area contributed by atoms with Gasteiger partial charge in [-0.05, 0) is 67.7 Å². The van der Waals surface area contributed by atoms with Crippen LogP contribution in [0.15, 0.2) is 53.5 Å². The third-order valence-corrected chi connectivity index (χ3v) is 8.59. The molecule has 39 heavy (non-hydrogen) atoms. The van der Waals surface area contributed by atoms with E-state index in [0.717, 1.165) is 65.2 Å². The Bertz CT molecular complexity index is 1620. The molecule has 2 saturated heterocycles. The van der Waals surface area contributed by atoms with E-state index in [0.29, 0.717) is 31.0 Å². The Labute approximate surface area is 233 Å². The van der Waals surface area contributed by atoms with Gasteiger partial charge in [0, 0.05) is 37.0 Å². The van der Waals surface area contributed by atoms with Gasteiger partial charge in [-0.2, -0.15) is 5.26 Å². The molecule has 3 fully saturated rings. The maximum absolute atomic E-state index is 13.0. The molecule has 1 saturated carbocycles. The molecule has 0 atom stereocenters. The van der Waals surface area contributed by atoms with E-state index < -0.39 is 0 Å². The number of pyridine rings is 3. The smallest absolute Gasteiger partial charge is 0.255 e. The first-order valence-corrected chi connectivity index (χ1v) is 13.1. The van der Waals surface area contributed by atoms with Gasteiger partial charge in [-0.25, -0.2) is 4.98 Å². The van der Waals surface area contributed by atoms with Crippen LogP contribution in [0.2, 0.25) is 0 Å². The highest BCUT2D eigenvalue weighted by Gasteiger charge is 2.49. The summed E-state index contributed by atoms with van der Waals surface area (Å²) in [5.41, 5.74) is 4.37. The third-order valence-electron chi connectivity index (χ3n) is 8.59. The molecule has 7 rings (SSSR count). The summed E-state index contributed by atoms with van der Waals surface area (Å²) in [4.78, 5) is 22.0. The van der Waals surface area contributed by atoms with Crippen molar-refractivity contribution in [3.05, 3.63) is 75.7 Å². The van der Waals surface area contributed by atoms with Crippen molar-refractivity contribution in [3.63, 3.8) is 0 Å². The number of hydrogen-bond donors (Lipinski definition) is 1. The first kappa shape index (κ1) is 27.1. The van der Waals surface area contributed by atoms with Gasteiger partial charge in [0.15, 0.2) is 0 Å². The Morgan fingerprint density at radius 1 is 1.18 bits per heavy atom. The van der Waals surface area contributed by atoms with Crippen LogP contribution in [0, 0.1) is 11.3 Å². The minimum atomic E-state index is -0.205. The van der Waals surface area contributed by atoms with Gasteiger partial charge in [0.2, 0.25) is 5.88 Å². The van der Waals surface area contributed by atoms with E-state index in [2.05, 4.69) is 21.4 Å². The number of nitrogens with one attached hydrogen (secondary N) is 1.